The summed E-state index contributed by atoms with van der Waals surface area (Å²) >= 11 is 6.03. The molecule has 0 saturated heterocycles. The van der Waals surface area contributed by atoms with E-state index in [-0.39, 0.29) is 0 Å². The van der Waals surface area contributed by atoms with Crippen molar-refractivity contribution in [1.82, 2.24) is 5.32 Å². The van der Waals surface area contributed by atoms with Gasteiger partial charge in [0.05, 0.1) is 19.3 Å². The second kappa shape index (κ2) is 6.23. The number of hydrogen-bond acceptors (Lipinski definition) is 3. The first-order valence-electron chi connectivity index (χ1n) is 6.71. The largest absolute Gasteiger partial charge is 0.389 e. The first-order valence-corrected chi connectivity index (χ1v) is 7.09. The van der Waals surface area contributed by atoms with Gasteiger partial charge in [-0.3, -0.25) is 0 Å². The van der Waals surface area contributed by atoms with E-state index in [4.69, 9.17) is 16.3 Å². The standard InChI is InChI=1S/C15H22ClNO2/c1-15(2)7-14(15)17-8-12(18)10-19-9-11-5-3-4-6-13(11)16/h3-6,12,14,17-18H,7-10H2,1-2H3. The van der Waals surface area contributed by atoms with E-state index in [0.29, 0.717) is 36.2 Å². The topological polar surface area (TPSA) is 41.5 Å². The Hall–Kier alpha value is -0.610. The molecule has 1 aromatic rings. The minimum atomic E-state index is -0.473. The van der Waals surface area contributed by atoms with Crippen LogP contribution in [0.15, 0.2) is 24.3 Å². The molecular weight excluding hydrogens is 262 g/mol. The van der Waals surface area contributed by atoms with E-state index in [0.717, 1.165) is 5.56 Å². The molecule has 0 spiro atoms. The Kier molecular flexibility index (Phi) is 4.85. The Labute approximate surface area is 119 Å². The molecule has 1 aliphatic carbocycles. The van der Waals surface area contributed by atoms with Gasteiger partial charge in [-0.1, -0.05) is 43.6 Å². The zero-order chi connectivity index (χ0) is 13.9. The summed E-state index contributed by atoms with van der Waals surface area (Å²) in [4.78, 5) is 0. The monoisotopic (exact) mass is 283 g/mol. The highest BCUT2D eigenvalue weighted by Gasteiger charge is 2.45. The highest BCUT2D eigenvalue weighted by Crippen LogP contribution is 2.44. The zero-order valence-electron chi connectivity index (χ0n) is 11.5. The number of halogens is 1. The minimum absolute atomic E-state index is 0.325. The molecule has 2 N–H and O–H groups in total. The van der Waals surface area contributed by atoms with Crippen LogP contribution in [0, 0.1) is 5.41 Å². The van der Waals surface area contributed by atoms with E-state index >= 15 is 0 Å². The van der Waals surface area contributed by atoms with E-state index < -0.39 is 6.10 Å². The van der Waals surface area contributed by atoms with Crippen LogP contribution in [0.1, 0.15) is 25.8 Å². The van der Waals surface area contributed by atoms with E-state index in [2.05, 4.69) is 19.2 Å². The Morgan fingerprint density at radius 3 is 2.79 bits per heavy atom. The number of hydrogen-bond donors (Lipinski definition) is 2. The Balaban J connectivity index is 1.62. The van der Waals surface area contributed by atoms with Crippen molar-refractivity contribution in [1.29, 1.82) is 0 Å². The lowest BCUT2D eigenvalue weighted by atomic mass is 10.2. The predicted octanol–water partition coefficient (Wildman–Crippen LogP) is 2.61. The quantitative estimate of drug-likeness (QED) is 0.808. The van der Waals surface area contributed by atoms with Crippen molar-refractivity contribution in [3.8, 4) is 0 Å². The van der Waals surface area contributed by atoms with E-state index in [9.17, 15) is 5.11 Å². The number of ether oxygens (including phenoxy) is 1. The summed E-state index contributed by atoms with van der Waals surface area (Å²) in [6.45, 7) is 5.80. The predicted molar refractivity (Wildman–Crippen MR) is 77.3 cm³/mol. The molecule has 0 radical (unpaired) electrons. The van der Waals surface area contributed by atoms with Crippen molar-refractivity contribution < 1.29 is 9.84 Å². The summed E-state index contributed by atoms with van der Waals surface area (Å²) in [5.74, 6) is 0. The average molecular weight is 284 g/mol. The van der Waals surface area contributed by atoms with Gasteiger partial charge in [-0.25, -0.2) is 0 Å². The molecule has 2 rings (SSSR count). The number of nitrogens with one attached hydrogen (secondary N) is 1. The van der Waals surface area contributed by atoms with Crippen molar-refractivity contribution in [3.05, 3.63) is 34.9 Å². The summed E-state index contributed by atoms with van der Waals surface area (Å²) in [7, 11) is 0. The van der Waals surface area contributed by atoms with E-state index in [1.165, 1.54) is 6.42 Å². The van der Waals surface area contributed by atoms with Gasteiger partial charge >= 0.3 is 0 Å². The fraction of sp³-hybridized carbons (Fsp3) is 0.600. The van der Waals surface area contributed by atoms with Gasteiger partial charge in [-0.15, -0.1) is 0 Å². The van der Waals surface area contributed by atoms with Crippen LogP contribution in [0.2, 0.25) is 5.02 Å². The molecule has 4 heteroatoms. The molecule has 0 heterocycles. The molecule has 106 valence electrons. The van der Waals surface area contributed by atoms with Crippen molar-refractivity contribution in [2.24, 2.45) is 5.41 Å². The first kappa shape index (κ1) is 14.8. The average Bonchev–Trinajstić information content (AvgIpc) is 2.97. The number of benzene rings is 1. The molecular formula is C15H22ClNO2. The summed E-state index contributed by atoms with van der Waals surface area (Å²) in [6.07, 6.45) is 0.708. The molecule has 1 aliphatic rings. The molecule has 1 saturated carbocycles. The van der Waals surface area contributed by atoms with E-state index in [1.54, 1.807) is 0 Å². The third-order valence-electron chi connectivity index (χ3n) is 3.64. The molecule has 0 aromatic heterocycles. The van der Waals surface area contributed by atoms with Gasteiger partial charge in [0, 0.05) is 17.6 Å². The lowest BCUT2D eigenvalue weighted by Gasteiger charge is -2.13. The minimum Gasteiger partial charge on any atom is -0.389 e. The van der Waals surface area contributed by atoms with Crippen molar-refractivity contribution in [3.63, 3.8) is 0 Å². The molecule has 0 amide bonds. The van der Waals surface area contributed by atoms with Crippen molar-refractivity contribution in [2.75, 3.05) is 13.2 Å². The summed E-state index contributed by atoms with van der Waals surface area (Å²) in [6, 6.07) is 8.12. The SMILES string of the molecule is CC1(C)CC1NCC(O)COCc1ccccc1Cl. The number of aliphatic hydroxyl groups excluding tert-OH is 1. The zero-order valence-corrected chi connectivity index (χ0v) is 12.3. The van der Waals surface area contributed by atoms with Gasteiger partial charge in [-0.2, -0.15) is 0 Å². The van der Waals surface area contributed by atoms with Crippen LogP contribution in [-0.2, 0) is 11.3 Å². The second-order valence-corrected chi connectivity index (χ2v) is 6.32. The molecule has 0 aliphatic heterocycles. The number of rotatable bonds is 7. The molecule has 1 fully saturated rings. The molecule has 0 bridgehead atoms. The van der Waals surface area contributed by atoms with Crippen LogP contribution in [0.25, 0.3) is 0 Å². The summed E-state index contributed by atoms with van der Waals surface area (Å²) < 4.78 is 5.49. The maximum atomic E-state index is 9.82. The molecule has 2 atom stereocenters. The third kappa shape index (κ3) is 4.46. The van der Waals surface area contributed by atoms with Gasteiger partial charge in [0.15, 0.2) is 0 Å². The van der Waals surface area contributed by atoms with Gasteiger partial charge in [0.25, 0.3) is 0 Å². The summed E-state index contributed by atoms with van der Waals surface area (Å²) in [5.41, 5.74) is 1.34. The van der Waals surface area contributed by atoms with Crippen LogP contribution < -0.4 is 5.32 Å². The van der Waals surface area contributed by atoms with Crippen molar-refractivity contribution in [2.45, 2.75) is 39.0 Å². The first-order chi connectivity index (χ1) is 8.99. The molecule has 19 heavy (non-hydrogen) atoms. The maximum absolute atomic E-state index is 9.82. The van der Waals surface area contributed by atoms with Gasteiger partial charge in [0.2, 0.25) is 0 Å². The number of aliphatic hydroxyl groups is 1. The van der Waals surface area contributed by atoms with Crippen LogP contribution in [-0.4, -0.2) is 30.4 Å². The van der Waals surface area contributed by atoms with Gasteiger partial charge < -0.3 is 15.2 Å². The Morgan fingerprint density at radius 1 is 1.47 bits per heavy atom. The van der Waals surface area contributed by atoms with Gasteiger partial charge in [-0.05, 0) is 23.5 Å². The van der Waals surface area contributed by atoms with Crippen LogP contribution in [0.4, 0.5) is 0 Å². The smallest absolute Gasteiger partial charge is 0.0897 e. The molecule has 3 nitrogen and oxygen atoms in total. The van der Waals surface area contributed by atoms with Crippen LogP contribution >= 0.6 is 11.6 Å². The lowest BCUT2D eigenvalue weighted by molar-refractivity contribution is 0.0284. The Bertz CT molecular complexity index is 422. The summed E-state index contributed by atoms with van der Waals surface area (Å²) in [5, 5.41) is 13.9. The third-order valence-corrected chi connectivity index (χ3v) is 4.01. The lowest BCUT2D eigenvalue weighted by Crippen LogP contribution is -2.33. The Morgan fingerprint density at radius 2 is 2.16 bits per heavy atom. The normalized spacial score (nSPS) is 22.2. The van der Waals surface area contributed by atoms with Crippen molar-refractivity contribution >= 4 is 11.6 Å². The second-order valence-electron chi connectivity index (χ2n) is 5.91. The fourth-order valence-corrected chi connectivity index (χ4v) is 2.26. The molecule has 1 aromatic carbocycles. The highest BCUT2D eigenvalue weighted by molar-refractivity contribution is 6.31. The highest BCUT2D eigenvalue weighted by atomic mass is 35.5. The van der Waals surface area contributed by atoms with E-state index in [1.807, 2.05) is 24.3 Å². The fourth-order valence-electron chi connectivity index (χ4n) is 2.07. The molecule has 2 unspecified atom stereocenters. The van der Waals surface area contributed by atoms with Crippen LogP contribution in [0.5, 0.6) is 0 Å². The van der Waals surface area contributed by atoms with Crippen LogP contribution in [0.3, 0.4) is 0 Å². The maximum Gasteiger partial charge on any atom is 0.0897 e. The van der Waals surface area contributed by atoms with Gasteiger partial charge in [0.1, 0.15) is 0 Å².